The van der Waals surface area contributed by atoms with Crippen LogP contribution >= 0.6 is 0 Å². The number of carbonyl (C=O) groups excluding carboxylic acids is 1. The first kappa shape index (κ1) is 16.2. The molecule has 0 saturated carbocycles. The van der Waals surface area contributed by atoms with Crippen LogP contribution in [0.2, 0.25) is 0 Å². The van der Waals surface area contributed by atoms with Gasteiger partial charge in [-0.15, -0.1) is 0 Å². The first-order chi connectivity index (χ1) is 11.3. The maximum Gasteiger partial charge on any atom is 0.194 e. The Morgan fingerprint density at radius 2 is 1.42 bits per heavy atom. The van der Waals surface area contributed by atoms with E-state index in [-0.39, 0.29) is 5.78 Å². The molecule has 1 aromatic rings. The van der Waals surface area contributed by atoms with Gasteiger partial charge in [0, 0.05) is 5.56 Å². The Balaban J connectivity index is 1.67. The summed E-state index contributed by atoms with van der Waals surface area (Å²) >= 11 is 0. The Morgan fingerprint density at radius 3 is 2.12 bits per heavy atom. The van der Waals surface area contributed by atoms with Crippen LogP contribution in [0.3, 0.4) is 0 Å². The lowest BCUT2D eigenvalue weighted by atomic mass is 9.93. The average Bonchev–Trinajstić information content (AvgIpc) is 3.00. The number of ketones is 1. The molecule has 0 amide bonds. The van der Waals surface area contributed by atoms with Gasteiger partial charge < -0.3 is 23.7 Å². The molecule has 0 radical (unpaired) electrons. The van der Waals surface area contributed by atoms with E-state index in [9.17, 15) is 4.79 Å². The minimum atomic E-state index is -0.807. The van der Waals surface area contributed by atoms with Gasteiger partial charge in [-0.05, 0) is 27.7 Å². The van der Waals surface area contributed by atoms with E-state index < -0.39 is 42.3 Å². The van der Waals surface area contributed by atoms with Crippen LogP contribution in [0.15, 0.2) is 30.3 Å². The topological polar surface area (TPSA) is 63.2 Å². The van der Waals surface area contributed by atoms with Crippen LogP contribution in [0, 0.1) is 0 Å². The lowest BCUT2D eigenvalue weighted by Gasteiger charge is -2.36. The van der Waals surface area contributed by atoms with Crippen molar-refractivity contribution in [2.24, 2.45) is 0 Å². The van der Waals surface area contributed by atoms with Gasteiger partial charge in [0.25, 0.3) is 0 Å². The second kappa shape index (κ2) is 5.34. The van der Waals surface area contributed by atoms with Crippen molar-refractivity contribution in [3.05, 3.63) is 35.9 Å². The number of carbonyl (C=O) groups is 1. The lowest BCUT2D eigenvalue weighted by molar-refractivity contribution is -0.221. The van der Waals surface area contributed by atoms with Crippen LogP contribution in [-0.2, 0) is 23.7 Å². The molecule has 4 rings (SSSR count). The van der Waals surface area contributed by atoms with Crippen LogP contribution < -0.4 is 0 Å². The number of benzene rings is 1. The summed E-state index contributed by atoms with van der Waals surface area (Å²) in [5.41, 5.74) is 0.575. The van der Waals surface area contributed by atoms with Crippen LogP contribution in [0.4, 0.5) is 0 Å². The van der Waals surface area contributed by atoms with E-state index in [1.165, 1.54) is 0 Å². The van der Waals surface area contributed by atoms with Gasteiger partial charge in [-0.25, -0.2) is 0 Å². The molecule has 5 atom stereocenters. The smallest absolute Gasteiger partial charge is 0.194 e. The Hall–Kier alpha value is -1.31. The number of ether oxygens (including phenoxy) is 5. The molecule has 0 aliphatic carbocycles. The second-order valence-electron chi connectivity index (χ2n) is 7.32. The van der Waals surface area contributed by atoms with E-state index in [0.29, 0.717) is 5.56 Å². The highest BCUT2D eigenvalue weighted by Crippen LogP contribution is 2.44. The normalized spacial score (nSPS) is 39.2. The number of fused-ring (bicyclic) bond motifs is 3. The third kappa shape index (κ3) is 2.68. The summed E-state index contributed by atoms with van der Waals surface area (Å²) in [7, 11) is 0. The molecule has 0 bridgehead atoms. The summed E-state index contributed by atoms with van der Waals surface area (Å²) in [4.78, 5) is 12.9. The number of hydrogen-bond donors (Lipinski definition) is 0. The summed E-state index contributed by atoms with van der Waals surface area (Å²) in [6.45, 7) is 7.29. The molecule has 0 unspecified atom stereocenters. The molecule has 6 nitrogen and oxygen atoms in total. The Labute approximate surface area is 141 Å². The van der Waals surface area contributed by atoms with Gasteiger partial charge in [0.1, 0.15) is 18.3 Å². The molecule has 3 saturated heterocycles. The average molecular weight is 334 g/mol. The predicted molar refractivity (Wildman–Crippen MR) is 83.3 cm³/mol. The van der Waals surface area contributed by atoms with Gasteiger partial charge in [0.2, 0.25) is 0 Å². The van der Waals surface area contributed by atoms with Gasteiger partial charge >= 0.3 is 0 Å². The Bertz CT molecular complexity index is 640. The molecule has 3 fully saturated rings. The molecule has 0 N–H and O–H groups in total. The van der Waals surface area contributed by atoms with Crippen LogP contribution in [0.5, 0.6) is 0 Å². The molecule has 3 heterocycles. The third-order valence-electron chi connectivity index (χ3n) is 4.47. The highest BCUT2D eigenvalue weighted by atomic mass is 16.9. The summed E-state index contributed by atoms with van der Waals surface area (Å²) in [6.07, 6.45) is -2.83. The number of rotatable bonds is 2. The molecule has 0 spiro atoms. The summed E-state index contributed by atoms with van der Waals surface area (Å²) < 4.78 is 29.7. The highest BCUT2D eigenvalue weighted by Gasteiger charge is 2.62. The zero-order valence-electron chi connectivity index (χ0n) is 14.2. The van der Waals surface area contributed by atoms with E-state index >= 15 is 0 Å². The molecule has 6 heteroatoms. The van der Waals surface area contributed by atoms with E-state index in [2.05, 4.69) is 0 Å². The first-order valence-electron chi connectivity index (χ1n) is 8.22. The molecule has 24 heavy (non-hydrogen) atoms. The van der Waals surface area contributed by atoms with Crippen molar-refractivity contribution in [3.8, 4) is 0 Å². The molecular weight excluding hydrogens is 312 g/mol. The van der Waals surface area contributed by atoms with Crippen LogP contribution in [0.25, 0.3) is 0 Å². The fraction of sp³-hybridized carbons (Fsp3) is 0.611. The zero-order valence-corrected chi connectivity index (χ0v) is 14.2. The van der Waals surface area contributed by atoms with Gasteiger partial charge in [0.15, 0.2) is 29.8 Å². The standard InChI is InChI=1S/C18H22O6/c1-17(2)21-13-12(11(19)10-8-6-5-7-9-10)20-16-15(14(13)22-17)23-18(3,4)24-16/h5-9,12-16H,1-4H3/t12-,13-,14-,15+,16-/m0/s1. The van der Waals surface area contributed by atoms with E-state index in [0.717, 1.165) is 0 Å². The molecule has 130 valence electrons. The first-order valence-corrected chi connectivity index (χ1v) is 8.22. The molecule has 0 aromatic heterocycles. The van der Waals surface area contributed by atoms with E-state index in [1.54, 1.807) is 12.1 Å². The van der Waals surface area contributed by atoms with Gasteiger partial charge in [-0.3, -0.25) is 4.79 Å². The number of hydrogen-bond acceptors (Lipinski definition) is 6. The van der Waals surface area contributed by atoms with Crippen LogP contribution in [0.1, 0.15) is 38.1 Å². The van der Waals surface area contributed by atoms with Gasteiger partial charge in [0.05, 0.1) is 0 Å². The van der Waals surface area contributed by atoms with Crippen LogP contribution in [-0.4, -0.2) is 48.1 Å². The van der Waals surface area contributed by atoms with Crippen molar-refractivity contribution in [1.82, 2.24) is 0 Å². The summed E-state index contributed by atoms with van der Waals surface area (Å²) in [5, 5.41) is 0. The fourth-order valence-electron chi connectivity index (χ4n) is 3.59. The van der Waals surface area contributed by atoms with Crippen molar-refractivity contribution in [3.63, 3.8) is 0 Å². The molecule has 1 aromatic carbocycles. The quantitative estimate of drug-likeness (QED) is 0.773. The van der Waals surface area contributed by atoms with Crippen molar-refractivity contribution < 1.29 is 28.5 Å². The minimum Gasteiger partial charge on any atom is -0.342 e. The molecule has 3 aliphatic heterocycles. The van der Waals surface area contributed by atoms with E-state index in [4.69, 9.17) is 23.7 Å². The lowest BCUT2D eigenvalue weighted by Crippen LogP contribution is -2.57. The molecule has 3 aliphatic rings. The van der Waals surface area contributed by atoms with Gasteiger partial charge in [-0.2, -0.15) is 0 Å². The van der Waals surface area contributed by atoms with Crippen molar-refractivity contribution in [2.45, 2.75) is 70.0 Å². The summed E-state index contributed by atoms with van der Waals surface area (Å²) in [6, 6.07) is 9.05. The van der Waals surface area contributed by atoms with Crippen molar-refractivity contribution in [2.75, 3.05) is 0 Å². The fourth-order valence-corrected chi connectivity index (χ4v) is 3.59. The minimum absolute atomic E-state index is 0.140. The Kier molecular flexibility index (Phi) is 3.60. The largest absolute Gasteiger partial charge is 0.342 e. The highest BCUT2D eigenvalue weighted by molar-refractivity contribution is 6.00. The predicted octanol–water partition coefficient (Wildman–Crippen LogP) is 2.27. The SMILES string of the molecule is CC1(C)O[C@H]2[C@@H](O1)[C@H](C(=O)c1ccccc1)O[C@H]1OC(C)(C)O[C@@H]12. The molecular formula is C18H22O6. The van der Waals surface area contributed by atoms with Gasteiger partial charge in [-0.1, -0.05) is 30.3 Å². The monoisotopic (exact) mass is 334 g/mol. The summed E-state index contributed by atoms with van der Waals surface area (Å²) in [5.74, 6) is -1.74. The maximum absolute atomic E-state index is 12.9. The van der Waals surface area contributed by atoms with E-state index in [1.807, 2.05) is 45.9 Å². The second-order valence-corrected chi connectivity index (χ2v) is 7.32. The van der Waals surface area contributed by atoms with Crippen molar-refractivity contribution in [1.29, 1.82) is 0 Å². The maximum atomic E-state index is 12.9. The number of Topliss-reactive ketones (excluding diaryl/α,β-unsaturated/α-hetero) is 1. The Morgan fingerprint density at radius 1 is 0.833 bits per heavy atom. The van der Waals surface area contributed by atoms with Crippen molar-refractivity contribution >= 4 is 5.78 Å². The third-order valence-corrected chi connectivity index (χ3v) is 4.47. The zero-order chi connectivity index (χ0) is 17.1.